The summed E-state index contributed by atoms with van der Waals surface area (Å²) in [5.74, 6) is 0.696. The number of anilines is 1. The zero-order valence-corrected chi connectivity index (χ0v) is 21.6. The Morgan fingerprint density at radius 3 is 2.46 bits per heavy atom. The summed E-state index contributed by atoms with van der Waals surface area (Å²) >= 11 is 0. The second-order valence-electron chi connectivity index (χ2n) is 9.43. The Labute approximate surface area is 217 Å². The largest absolute Gasteiger partial charge is 0.494 e. The standard InChI is InChI=1S/C22H29N7O4.C4H8/c1-32-12-22(7-4-8-22)29-11-14(10-27-29)15-5-3-6-16(20(15)33-2)28-17(19(24)21(25)31)9-18(23)26-13-30;1-4-2-3-4/h3,5-6,9-11,13,28H,4,7-8,12,23-24H2,1-2H3,(H2,25,31)(H,26,30);4H,2-3H2,1H3/b18-9+,19-17+;. The highest BCUT2D eigenvalue weighted by atomic mass is 16.5. The van der Waals surface area contributed by atoms with Gasteiger partial charge in [-0.2, -0.15) is 5.10 Å². The van der Waals surface area contributed by atoms with E-state index >= 15 is 0 Å². The van der Waals surface area contributed by atoms with E-state index in [1.54, 1.807) is 19.4 Å². The number of para-hydroxylation sites is 1. The van der Waals surface area contributed by atoms with Crippen LogP contribution in [0.2, 0.25) is 0 Å². The Kier molecular flexibility index (Phi) is 9.18. The number of primary amides is 1. The fourth-order valence-electron chi connectivity index (χ4n) is 3.99. The molecule has 11 nitrogen and oxygen atoms in total. The molecule has 2 fully saturated rings. The van der Waals surface area contributed by atoms with Crippen LogP contribution in [0.1, 0.15) is 39.0 Å². The second-order valence-corrected chi connectivity index (χ2v) is 9.43. The highest BCUT2D eigenvalue weighted by Gasteiger charge is 2.39. The Morgan fingerprint density at radius 2 is 1.95 bits per heavy atom. The quantitative estimate of drug-likeness (QED) is 0.173. The predicted octanol–water partition coefficient (Wildman–Crippen LogP) is 2.11. The molecular formula is C26H37N7O4. The highest BCUT2D eigenvalue weighted by Crippen LogP contribution is 2.42. The fraction of sp³-hybridized carbons (Fsp3) is 0.423. The molecule has 2 aliphatic rings. The van der Waals surface area contributed by atoms with E-state index in [-0.39, 0.29) is 22.8 Å². The first kappa shape index (κ1) is 27.6. The summed E-state index contributed by atoms with van der Waals surface area (Å²) in [5.41, 5.74) is 18.8. The van der Waals surface area contributed by atoms with E-state index in [1.807, 2.05) is 23.0 Å². The number of benzene rings is 1. The summed E-state index contributed by atoms with van der Waals surface area (Å²) in [6.07, 6.45) is 11.6. The number of aromatic nitrogens is 2. The van der Waals surface area contributed by atoms with E-state index in [2.05, 4.69) is 22.7 Å². The molecule has 2 aromatic rings. The van der Waals surface area contributed by atoms with Crippen LogP contribution >= 0.6 is 0 Å². The number of rotatable bonds is 11. The second kappa shape index (κ2) is 12.3. The van der Waals surface area contributed by atoms with Crippen molar-refractivity contribution in [3.63, 3.8) is 0 Å². The van der Waals surface area contributed by atoms with Crippen molar-refractivity contribution in [2.24, 2.45) is 23.1 Å². The predicted molar refractivity (Wildman–Crippen MR) is 142 cm³/mol. The van der Waals surface area contributed by atoms with Crippen LogP contribution < -0.4 is 32.6 Å². The summed E-state index contributed by atoms with van der Waals surface area (Å²) < 4.78 is 13.1. The Bertz CT molecular complexity index is 1160. The zero-order chi connectivity index (χ0) is 27.0. The van der Waals surface area contributed by atoms with E-state index < -0.39 is 5.91 Å². The Balaban J connectivity index is 0.000000865. The average molecular weight is 512 g/mol. The maximum Gasteiger partial charge on any atom is 0.266 e. The minimum atomic E-state index is -0.854. The number of ether oxygens (including phenoxy) is 2. The lowest BCUT2D eigenvalue weighted by atomic mass is 9.77. The number of methoxy groups -OCH3 is 2. The summed E-state index contributed by atoms with van der Waals surface area (Å²) in [7, 11) is 3.23. The molecule has 37 heavy (non-hydrogen) atoms. The molecule has 8 N–H and O–H groups in total. The lowest BCUT2D eigenvalue weighted by Gasteiger charge is -2.41. The third-order valence-electron chi connectivity index (χ3n) is 6.51. The van der Waals surface area contributed by atoms with Crippen molar-refractivity contribution in [3.8, 4) is 16.9 Å². The van der Waals surface area contributed by atoms with E-state index in [9.17, 15) is 9.59 Å². The molecule has 0 unspecified atom stereocenters. The molecule has 4 rings (SSSR count). The number of nitrogens with two attached hydrogens (primary N) is 3. The van der Waals surface area contributed by atoms with Gasteiger partial charge in [0.25, 0.3) is 5.91 Å². The molecule has 2 aliphatic carbocycles. The number of allylic oxidation sites excluding steroid dienone is 1. The van der Waals surface area contributed by atoms with Crippen molar-refractivity contribution in [1.29, 1.82) is 0 Å². The molecule has 0 saturated heterocycles. The van der Waals surface area contributed by atoms with Crippen LogP contribution in [0.4, 0.5) is 5.69 Å². The molecule has 2 amide bonds. The van der Waals surface area contributed by atoms with Gasteiger partial charge in [-0.3, -0.25) is 14.3 Å². The van der Waals surface area contributed by atoms with Gasteiger partial charge in [-0.15, -0.1) is 0 Å². The van der Waals surface area contributed by atoms with Crippen molar-refractivity contribution < 1.29 is 19.1 Å². The number of carbonyl (C=O) groups excluding carboxylic acids is 2. The van der Waals surface area contributed by atoms with Crippen LogP contribution in [-0.2, 0) is 19.9 Å². The molecule has 1 aromatic heterocycles. The molecule has 0 spiro atoms. The highest BCUT2D eigenvalue weighted by molar-refractivity contribution is 5.93. The van der Waals surface area contributed by atoms with Crippen molar-refractivity contribution in [2.75, 3.05) is 26.1 Å². The van der Waals surface area contributed by atoms with Gasteiger partial charge in [0, 0.05) is 30.5 Å². The van der Waals surface area contributed by atoms with Crippen molar-refractivity contribution in [3.05, 3.63) is 53.9 Å². The van der Waals surface area contributed by atoms with Gasteiger partial charge in [-0.05, 0) is 31.2 Å². The number of nitrogens with zero attached hydrogens (tertiary/aromatic N) is 2. The molecule has 2 saturated carbocycles. The first-order valence-electron chi connectivity index (χ1n) is 12.2. The van der Waals surface area contributed by atoms with Gasteiger partial charge in [0.2, 0.25) is 6.41 Å². The van der Waals surface area contributed by atoms with Crippen LogP contribution in [-0.4, -0.2) is 42.9 Å². The van der Waals surface area contributed by atoms with Gasteiger partial charge in [-0.1, -0.05) is 31.9 Å². The molecule has 1 aromatic carbocycles. The van der Waals surface area contributed by atoms with Crippen LogP contribution in [0, 0.1) is 5.92 Å². The molecular weight excluding hydrogens is 474 g/mol. The van der Waals surface area contributed by atoms with Crippen LogP contribution in [0.25, 0.3) is 11.1 Å². The summed E-state index contributed by atoms with van der Waals surface area (Å²) in [4.78, 5) is 22.4. The summed E-state index contributed by atoms with van der Waals surface area (Å²) in [6, 6.07) is 5.46. The van der Waals surface area contributed by atoms with Crippen molar-refractivity contribution in [2.45, 2.75) is 44.6 Å². The first-order valence-corrected chi connectivity index (χ1v) is 12.2. The smallest absolute Gasteiger partial charge is 0.266 e. The SMILES string of the molecule is CC1CC1.COCC1(n2cc(-c3cccc(NC(/C=C(\N)NC=O)=C(/N)C(N)=O)c3OC)cn2)CCC1. The number of hydrogen-bond donors (Lipinski definition) is 5. The number of amides is 2. The van der Waals surface area contributed by atoms with E-state index in [0.717, 1.165) is 36.3 Å². The number of nitrogens with one attached hydrogen (secondary N) is 2. The monoisotopic (exact) mass is 511 g/mol. The van der Waals surface area contributed by atoms with Gasteiger partial charge < -0.3 is 37.3 Å². The van der Waals surface area contributed by atoms with Gasteiger partial charge in [0.05, 0.1) is 36.8 Å². The Hall–Kier alpha value is -3.99. The van der Waals surface area contributed by atoms with Gasteiger partial charge in [0.15, 0.2) is 0 Å². The van der Waals surface area contributed by atoms with E-state index in [1.165, 1.54) is 26.0 Å². The molecule has 0 radical (unpaired) electrons. The third-order valence-corrected chi connectivity index (χ3v) is 6.51. The van der Waals surface area contributed by atoms with Crippen molar-refractivity contribution in [1.82, 2.24) is 15.1 Å². The van der Waals surface area contributed by atoms with Crippen LogP contribution in [0.5, 0.6) is 5.75 Å². The normalized spacial score (nSPS) is 16.9. The maximum atomic E-state index is 11.7. The van der Waals surface area contributed by atoms with E-state index in [0.29, 0.717) is 24.5 Å². The van der Waals surface area contributed by atoms with Crippen molar-refractivity contribution >= 4 is 18.0 Å². The molecule has 11 heteroatoms. The average Bonchev–Trinajstić information content (AvgIpc) is 3.47. The topological polar surface area (TPSA) is 173 Å². The minimum absolute atomic E-state index is 0.0305. The van der Waals surface area contributed by atoms with Gasteiger partial charge >= 0.3 is 0 Å². The lowest BCUT2D eigenvalue weighted by Crippen LogP contribution is -2.44. The molecule has 1 heterocycles. The zero-order valence-electron chi connectivity index (χ0n) is 21.6. The molecule has 0 bridgehead atoms. The third kappa shape index (κ3) is 6.82. The molecule has 200 valence electrons. The molecule has 0 aliphatic heterocycles. The maximum absolute atomic E-state index is 11.7. The Morgan fingerprint density at radius 1 is 1.24 bits per heavy atom. The van der Waals surface area contributed by atoms with E-state index in [4.69, 9.17) is 26.7 Å². The fourth-order valence-corrected chi connectivity index (χ4v) is 3.99. The first-order chi connectivity index (χ1) is 17.7. The minimum Gasteiger partial charge on any atom is -0.494 e. The van der Waals surface area contributed by atoms with Crippen LogP contribution in [0.15, 0.2) is 53.9 Å². The van der Waals surface area contributed by atoms with Gasteiger partial charge in [0.1, 0.15) is 17.3 Å². The molecule has 0 atom stereocenters. The van der Waals surface area contributed by atoms with Gasteiger partial charge in [-0.25, -0.2) is 0 Å². The number of carbonyl (C=O) groups is 2. The summed E-state index contributed by atoms with van der Waals surface area (Å²) in [6.45, 7) is 2.87. The number of hydrogen-bond acceptors (Lipinski definition) is 8. The van der Waals surface area contributed by atoms with Crippen LogP contribution in [0.3, 0.4) is 0 Å². The summed E-state index contributed by atoms with van der Waals surface area (Å²) in [5, 5.41) is 9.90. The lowest BCUT2D eigenvalue weighted by molar-refractivity contribution is -0.114.